The number of rotatable bonds is 3. The lowest BCUT2D eigenvalue weighted by Crippen LogP contribution is -2.33. The number of aliphatic hydroxyl groups excluding tert-OH is 3. The SMILES string of the molecule is Nc1ncnc2c1c(-c1ccco1)cn2[C@@H]1O[C@H](CO)C(O)C1O. The van der Waals surface area contributed by atoms with Gasteiger partial charge in [0.1, 0.15) is 41.9 Å². The molecular formula is C15H16N4O5. The average molecular weight is 332 g/mol. The zero-order valence-electron chi connectivity index (χ0n) is 12.5. The lowest BCUT2D eigenvalue weighted by molar-refractivity contribution is -0.0508. The summed E-state index contributed by atoms with van der Waals surface area (Å²) in [6.07, 6.45) is 0.287. The summed E-state index contributed by atoms with van der Waals surface area (Å²) in [5, 5.41) is 30.1. The van der Waals surface area contributed by atoms with E-state index in [4.69, 9.17) is 14.9 Å². The first-order valence-corrected chi connectivity index (χ1v) is 7.39. The normalized spacial score (nSPS) is 27.1. The number of anilines is 1. The topological polar surface area (TPSA) is 140 Å². The van der Waals surface area contributed by atoms with Crippen LogP contribution in [0.25, 0.3) is 22.4 Å². The fraction of sp³-hybridized carbons (Fsp3) is 0.333. The van der Waals surface area contributed by atoms with Crippen molar-refractivity contribution in [1.29, 1.82) is 0 Å². The van der Waals surface area contributed by atoms with Gasteiger partial charge in [-0.2, -0.15) is 0 Å². The molecule has 24 heavy (non-hydrogen) atoms. The van der Waals surface area contributed by atoms with Gasteiger partial charge in [0.2, 0.25) is 0 Å². The molecule has 3 aromatic rings. The lowest BCUT2D eigenvalue weighted by atomic mass is 10.1. The molecule has 9 heteroatoms. The Bertz CT molecular complexity index is 862. The molecule has 0 amide bonds. The molecule has 2 unspecified atom stereocenters. The molecule has 1 aliphatic heterocycles. The van der Waals surface area contributed by atoms with Crippen molar-refractivity contribution in [3.63, 3.8) is 0 Å². The zero-order valence-corrected chi connectivity index (χ0v) is 12.5. The Kier molecular flexibility index (Phi) is 3.50. The van der Waals surface area contributed by atoms with Crippen LogP contribution >= 0.6 is 0 Å². The molecule has 0 spiro atoms. The van der Waals surface area contributed by atoms with E-state index in [0.29, 0.717) is 22.4 Å². The second kappa shape index (κ2) is 5.56. The van der Waals surface area contributed by atoms with Gasteiger partial charge in [0.25, 0.3) is 0 Å². The van der Waals surface area contributed by atoms with E-state index >= 15 is 0 Å². The Morgan fingerprint density at radius 3 is 2.75 bits per heavy atom. The van der Waals surface area contributed by atoms with E-state index in [1.54, 1.807) is 22.9 Å². The van der Waals surface area contributed by atoms with Crippen LogP contribution < -0.4 is 5.73 Å². The van der Waals surface area contributed by atoms with Crippen molar-refractivity contribution in [3.05, 3.63) is 30.9 Å². The summed E-state index contributed by atoms with van der Waals surface area (Å²) in [6.45, 7) is -0.407. The maximum absolute atomic E-state index is 10.3. The minimum atomic E-state index is -1.22. The fourth-order valence-corrected chi connectivity index (χ4v) is 3.03. The minimum absolute atomic E-state index is 0.261. The summed E-state index contributed by atoms with van der Waals surface area (Å²) in [4.78, 5) is 8.22. The molecule has 0 aromatic carbocycles. The zero-order chi connectivity index (χ0) is 16.8. The van der Waals surface area contributed by atoms with E-state index in [-0.39, 0.29) is 5.82 Å². The molecule has 5 N–H and O–H groups in total. The van der Waals surface area contributed by atoms with Crippen LogP contribution in [0.4, 0.5) is 5.82 Å². The van der Waals surface area contributed by atoms with E-state index in [1.807, 2.05) is 0 Å². The van der Waals surface area contributed by atoms with Gasteiger partial charge < -0.3 is 34.8 Å². The number of ether oxygens (including phenoxy) is 1. The van der Waals surface area contributed by atoms with Gasteiger partial charge in [-0.3, -0.25) is 0 Å². The highest BCUT2D eigenvalue weighted by Gasteiger charge is 2.44. The quantitative estimate of drug-likeness (QED) is 0.520. The Morgan fingerprint density at radius 1 is 1.25 bits per heavy atom. The number of nitrogens with two attached hydrogens (primary N) is 1. The van der Waals surface area contributed by atoms with E-state index in [9.17, 15) is 15.3 Å². The smallest absolute Gasteiger partial charge is 0.164 e. The van der Waals surface area contributed by atoms with Gasteiger partial charge >= 0.3 is 0 Å². The number of aromatic nitrogens is 3. The van der Waals surface area contributed by atoms with Gasteiger partial charge in [0.15, 0.2) is 6.23 Å². The molecule has 1 saturated heterocycles. The summed E-state index contributed by atoms with van der Waals surface area (Å²) in [7, 11) is 0. The van der Waals surface area contributed by atoms with Crippen molar-refractivity contribution in [3.8, 4) is 11.3 Å². The number of nitrogen functional groups attached to an aromatic ring is 1. The third-order valence-corrected chi connectivity index (χ3v) is 4.22. The van der Waals surface area contributed by atoms with Gasteiger partial charge in [-0.1, -0.05) is 0 Å². The first kappa shape index (κ1) is 15.1. The van der Waals surface area contributed by atoms with Crippen LogP contribution in [0.2, 0.25) is 0 Å². The van der Waals surface area contributed by atoms with Gasteiger partial charge in [-0.15, -0.1) is 0 Å². The maximum Gasteiger partial charge on any atom is 0.164 e. The molecule has 0 saturated carbocycles. The number of hydrogen-bond acceptors (Lipinski definition) is 8. The van der Waals surface area contributed by atoms with Crippen molar-refractivity contribution < 1.29 is 24.5 Å². The molecule has 4 heterocycles. The molecule has 1 fully saturated rings. The fourth-order valence-electron chi connectivity index (χ4n) is 3.03. The molecular weight excluding hydrogens is 316 g/mol. The van der Waals surface area contributed by atoms with Crippen LogP contribution in [0, 0.1) is 0 Å². The van der Waals surface area contributed by atoms with Gasteiger partial charge in [0.05, 0.1) is 18.3 Å². The largest absolute Gasteiger partial charge is 0.464 e. The number of fused-ring (bicyclic) bond motifs is 1. The predicted molar refractivity (Wildman–Crippen MR) is 82.7 cm³/mol. The standard InChI is InChI=1S/C15H16N4O5/c16-13-10-7(8-2-1-3-23-8)4-19(14(10)18-6-17-13)15-12(22)11(21)9(5-20)24-15/h1-4,6,9,11-12,15,20-22H,5H2,(H2,16,17,18)/t9-,11?,12?,15-/m1/s1. The van der Waals surface area contributed by atoms with Crippen LogP contribution in [0.1, 0.15) is 6.23 Å². The van der Waals surface area contributed by atoms with Crippen LogP contribution in [-0.4, -0.2) is 54.8 Å². The number of nitrogens with zero attached hydrogens (tertiary/aromatic N) is 3. The number of aliphatic hydroxyl groups is 3. The highest BCUT2D eigenvalue weighted by molar-refractivity contribution is 5.99. The van der Waals surface area contributed by atoms with Crippen molar-refractivity contribution >= 4 is 16.9 Å². The molecule has 3 aromatic heterocycles. The second-order valence-corrected chi connectivity index (χ2v) is 5.61. The average Bonchev–Trinajstić information content (AvgIpc) is 3.28. The lowest BCUT2D eigenvalue weighted by Gasteiger charge is -2.17. The first-order chi connectivity index (χ1) is 11.6. The number of furan rings is 1. The van der Waals surface area contributed by atoms with E-state index in [2.05, 4.69) is 9.97 Å². The molecule has 1 aliphatic rings. The summed E-state index contributed by atoms with van der Waals surface area (Å²) in [5.74, 6) is 0.823. The molecule has 0 aliphatic carbocycles. The van der Waals surface area contributed by atoms with E-state index < -0.39 is 31.1 Å². The monoisotopic (exact) mass is 332 g/mol. The van der Waals surface area contributed by atoms with Crippen molar-refractivity contribution in [1.82, 2.24) is 14.5 Å². The Labute approximate surface area is 135 Å². The van der Waals surface area contributed by atoms with Gasteiger partial charge in [0, 0.05) is 11.8 Å². The van der Waals surface area contributed by atoms with Gasteiger partial charge in [-0.25, -0.2) is 9.97 Å². The van der Waals surface area contributed by atoms with Crippen LogP contribution in [0.3, 0.4) is 0 Å². The Hall–Kier alpha value is -2.46. The van der Waals surface area contributed by atoms with E-state index in [1.165, 1.54) is 12.6 Å². The Balaban J connectivity index is 1.90. The van der Waals surface area contributed by atoms with Gasteiger partial charge in [-0.05, 0) is 12.1 Å². The molecule has 4 rings (SSSR count). The molecule has 9 nitrogen and oxygen atoms in total. The Morgan fingerprint density at radius 2 is 2.08 bits per heavy atom. The van der Waals surface area contributed by atoms with Crippen LogP contribution in [0.5, 0.6) is 0 Å². The molecule has 126 valence electrons. The van der Waals surface area contributed by atoms with Crippen LogP contribution in [0.15, 0.2) is 35.3 Å². The minimum Gasteiger partial charge on any atom is -0.464 e. The van der Waals surface area contributed by atoms with Crippen LogP contribution in [-0.2, 0) is 4.74 Å². The summed E-state index contributed by atoms with van der Waals surface area (Å²) in [5.41, 5.74) is 7.07. The summed E-state index contributed by atoms with van der Waals surface area (Å²) < 4.78 is 12.6. The third-order valence-electron chi connectivity index (χ3n) is 4.22. The molecule has 0 bridgehead atoms. The molecule has 0 radical (unpaired) electrons. The third kappa shape index (κ3) is 2.10. The summed E-state index contributed by atoms with van der Waals surface area (Å²) in [6, 6.07) is 3.51. The molecule has 4 atom stereocenters. The maximum atomic E-state index is 10.3. The first-order valence-electron chi connectivity index (χ1n) is 7.39. The van der Waals surface area contributed by atoms with E-state index in [0.717, 1.165) is 0 Å². The highest BCUT2D eigenvalue weighted by atomic mass is 16.6. The predicted octanol–water partition coefficient (Wildman–Crippen LogP) is -0.115. The van der Waals surface area contributed by atoms with Crippen molar-refractivity contribution in [2.24, 2.45) is 0 Å². The highest BCUT2D eigenvalue weighted by Crippen LogP contribution is 2.38. The summed E-state index contributed by atoms with van der Waals surface area (Å²) >= 11 is 0. The van der Waals surface area contributed by atoms with Crippen molar-refractivity contribution in [2.45, 2.75) is 24.5 Å². The number of hydrogen-bond donors (Lipinski definition) is 4. The van der Waals surface area contributed by atoms with Crippen molar-refractivity contribution in [2.75, 3.05) is 12.3 Å². The second-order valence-electron chi connectivity index (χ2n) is 5.61.